The van der Waals surface area contributed by atoms with Crippen molar-refractivity contribution >= 4 is 44.2 Å². The SMILES string of the molecule is Cc1ccc2nc(N(Cc3ccccc3)C(=O)c3ccc(F)cc3Cl)sc2c1. The second-order valence-corrected chi connectivity index (χ2v) is 7.88. The summed E-state index contributed by atoms with van der Waals surface area (Å²) in [6, 6.07) is 19.4. The summed E-state index contributed by atoms with van der Waals surface area (Å²) in [5.74, 6) is -0.795. The summed E-state index contributed by atoms with van der Waals surface area (Å²) in [7, 11) is 0. The van der Waals surface area contributed by atoms with Crippen LogP contribution in [0.4, 0.5) is 9.52 Å². The number of amides is 1. The highest BCUT2D eigenvalue weighted by Crippen LogP contribution is 2.32. The molecule has 0 N–H and O–H groups in total. The molecular formula is C22H16ClFN2OS. The van der Waals surface area contributed by atoms with E-state index >= 15 is 0 Å². The van der Waals surface area contributed by atoms with Gasteiger partial charge in [0, 0.05) is 0 Å². The number of fused-ring (bicyclic) bond motifs is 1. The summed E-state index contributed by atoms with van der Waals surface area (Å²) in [6.07, 6.45) is 0. The molecule has 0 saturated heterocycles. The largest absolute Gasteiger partial charge is 0.279 e. The molecule has 0 spiro atoms. The molecule has 28 heavy (non-hydrogen) atoms. The molecule has 3 nitrogen and oxygen atoms in total. The van der Waals surface area contributed by atoms with Gasteiger partial charge in [0.15, 0.2) is 5.13 Å². The monoisotopic (exact) mass is 410 g/mol. The van der Waals surface area contributed by atoms with Gasteiger partial charge in [0.25, 0.3) is 5.91 Å². The quantitative estimate of drug-likeness (QED) is 0.398. The molecule has 0 aliphatic rings. The van der Waals surface area contributed by atoms with E-state index in [9.17, 15) is 9.18 Å². The van der Waals surface area contributed by atoms with E-state index < -0.39 is 5.82 Å². The van der Waals surface area contributed by atoms with E-state index in [-0.39, 0.29) is 16.5 Å². The Morgan fingerprint density at radius 1 is 1.11 bits per heavy atom. The molecule has 0 aliphatic carbocycles. The van der Waals surface area contributed by atoms with E-state index in [1.165, 1.54) is 23.5 Å². The predicted octanol–water partition coefficient (Wildman–Crippen LogP) is 6.24. The fourth-order valence-electron chi connectivity index (χ4n) is 2.94. The van der Waals surface area contributed by atoms with Crippen molar-refractivity contribution in [2.45, 2.75) is 13.5 Å². The van der Waals surface area contributed by atoms with Crippen LogP contribution in [0.15, 0.2) is 66.7 Å². The Morgan fingerprint density at radius 2 is 1.89 bits per heavy atom. The smallest absolute Gasteiger partial charge is 0.261 e. The predicted molar refractivity (Wildman–Crippen MR) is 113 cm³/mol. The molecule has 1 amide bonds. The lowest BCUT2D eigenvalue weighted by atomic mass is 10.1. The van der Waals surface area contributed by atoms with Crippen LogP contribution in [0.5, 0.6) is 0 Å². The minimum Gasteiger partial charge on any atom is -0.279 e. The molecule has 0 unspecified atom stereocenters. The van der Waals surface area contributed by atoms with E-state index in [4.69, 9.17) is 11.6 Å². The Bertz CT molecular complexity index is 1160. The van der Waals surface area contributed by atoms with Gasteiger partial charge in [0.2, 0.25) is 0 Å². The van der Waals surface area contributed by atoms with Crippen LogP contribution in [0, 0.1) is 12.7 Å². The number of rotatable bonds is 4. The van der Waals surface area contributed by atoms with Gasteiger partial charge in [0.05, 0.1) is 27.3 Å². The van der Waals surface area contributed by atoms with Crippen LogP contribution < -0.4 is 4.90 Å². The van der Waals surface area contributed by atoms with Gasteiger partial charge < -0.3 is 0 Å². The Hall–Kier alpha value is -2.76. The Morgan fingerprint density at radius 3 is 2.64 bits per heavy atom. The number of benzene rings is 3. The van der Waals surface area contributed by atoms with Gasteiger partial charge in [-0.2, -0.15) is 0 Å². The van der Waals surface area contributed by atoms with E-state index in [1.54, 1.807) is 4.90 Å². The third kappa shape index (κ3) is 3.77. The number of nitrogens with zero attached hydrogens (tertiary/aromatic N) is 2. The molecule has 1 aromatic heterocycles. The molecule has 1 heterocycles. The second kappa shape index (κ2) is 7.70. The molecule has 140 valence electrons. The number of carbonyl (C=O) groups is 1. The molecule has 0 bridgehead atoms. The lowest BCUT2D eigenvalue weighted by Crippen LogP contribution is -2.30. The van der Waals surface area contributed by atoms with Gasteiger partial charge >= 0.3 is 0 Å². The van der Waals surface area contributed by atoms with Gasteiger partial charge in [-0.25, -0.2) is 9.37 Å². The van der Waals surface area contributed by atoms with Gasteiger partial charge in [-0.05, 0) is 48.4 Å². The van der Waals surface area contributed by atoms with Crippen molar-refractivity contribution in [1.82, 2.24) is 4.98 Å². The van der Waals surface area contributed by atoms with Crippen LogP contribution in [0.3, 0.4) is 0 Å². The molecular weight excluding hydrogens is 395 g/mol. The average Bonchev–Trinajstić information content (AvgIpc) is 3.09. The summed E-state index contributed by atoms with van der Waals surface area (Å²) >= 11 is 7.60. The number of thiazole rings is 1. The van der Waals surface area contributed by atoms with Crippen molar-refractivity contribution in [3.63, 3.8) is 0 Å². The molecule has 0 aliphatic heterocycles. The minimum absolute atomic E-state index is 0.0833. The molecule has 0 saturated carbocycles. The van der Waals surface area contributed by atoms with E-state index in [0.29, 0.717) is 11.7 Å². The van der Waals surface area contributed by atoms with Crippen LogP contribution in [-0.4, -0.2) is 10.9 Å². The molecule has 6 heteroatoms. The number of carbonyl (C=O) groups excluding carboxylic acids is 1. The summed E-state index contributed by atoms with van der Waals surface area (Å²) in [4.78, 5) is 19.6. The number of aromatic nitrogens is 1. The van der Waals surface area contributed by atoms with Crippen LogP contribution in [-0.2, 0) is 6.54 Å². The first-order chi connectivity index (χ1) is 13.5. The molecule has 0 fully saturated rings. The first-order valence-electron chi connectivity index (χ1n) is 8.69. The van der Waals surface area contributed by atoms with Crippen LogP contribution in [0.1, 0.15) is 21.5 Å². The van der Waals surface area contributed by atoms with Crippen molar-refractivity contribution in [3.8, 4) is 0 Å². The summed E-state index contributed by atoms with van der Waals surface area (Å²) in [5, 5.41) is 0.662. The van der Waals surface area contributed by atoms with Crippen LogP contribution in [0.25, 0.3) is 10.2 Å². The lowest BCUT2D eigenvalue weighted by molar-refractivity contribution is 0.0985. The van der Waals surface area contributed by atoms with Gasteiger partial charge in [-0.15, -0.1) is 0 Å². The van der Waals surface area contributed by atoms with Gasteiger partial charge in [-0.1, -0.05) is 59.3 Å². The summed E-state index contributed by atoms with van der Waals surface area (Å²) in [6.45, 7) is 2.36. The molecule has 4 rings (SSSR count). The topological polar surface area (TPSA) is 33.2 Å². The van der Waals surface area contributed by atoms with Gasteiger partial charge in [-0.3, -0.25) is 9.69 Å². The zero-order chi connectivity index (χ0) is 19.7. The fourth-order valence-corrected chi connectivity index (χ4v) is 4.25. The van der Waals surface area contributed by atoms with Crippen molar-refractivity contribution < 1.29 is 9.18 Å². The molecule has 3 aromatic carbocycles. The van der Waals surface area contributed by atoms with Crippen molar-refractivity contribution in [3.05, 3.63) is 94.3 Å². The Balaban J connectivity index is 1.79. The van der Waals surface area contributed by atoms with Crippen molar-refractivity contribution in [1.29, 1.82) is 0 Å². The van der Waals surface area contributed by atoms with Crippen LogP contribution in [0.2, 0.25) is 5.02 Å². The number of aryl methyl sites for hydroxylation is 1. The normalized spacial score (nSPS) is 11.0. The average molecular weight is 411 g/mol. The van der Waals surface area contributed by atoms with Gasteiger partial charge in [0.1, 0.15) is 5.82 Å². The highest BCUT2D eigenvalue weighted by molar-refractivity contribution is 7.22. The highest BCUT2D eigenvalue weighted by atomic mass is 35.5. The van der Waals surface area contributed by atoms with E-state index in [2.05, 4.69) is 4.98 Å². The van der Waals surface area contributed by atoms with Crippen molar-refractivity contribution in [2.75, 3.05) is 4.90 Å². The number of halogens is 2. The summed E-state index contributed by atoms with van der Waals surface area (Å²) < 4.78 is 14.4. The molecule has 4 aromatic rings. The highest BCUT2D eigenvalue weighted by Gasteiger charge is 2.24. The molecule has 0 atom stereocenters. The Kier molecular flexibility index (Phi) is 5.11. The van der Waals surface area contributed by atoms with Crippen molar-refractivity contribution in [2.24, 2.45) is 0 Å². The van der Waals surface area contributed by atoms with E-state index in [0.717, 1.165) is 27.4 Å². The van der Waals surface area contributed by atoms with E-state index in [1.807, 2.05) is 55.5 Å². The zero-order valence-corrected chi connectivity index (χ0v) is 16.6. The molecule has 0 radical (unpaired) electrons. The third-order valence-corrected chi connectivity index (χ3v) is 5.71. The Labute approximate surface area is 171 Å². The minimum atomic E-state index is -0.480. The number of anilines is 1. The third-order valence-electron chi connectivity index (χ3n) is 4.35. The standard InChI is InChI=1S/C22H16ClFN2OS/c1-14-7-10-19-20(11-14)28-22(25-19)26(13-15-5-3-2-4-6-15)21(27)17-9-8-16(24)12-18(17)23/h2-12H,13H2,1H3. The lowest BCUT2D eigenvalue weighted by Gasteiger charge is -2.20. The maximum Gasteiger partial charge on any atom is 0.261 e. The first-order valence-corrected chi connectivity index (χ1v) is 9.89. The number of hydrogen-bond donors (Lipinski definition) is 0. The maximum atomic E-state index is 13.4. The summed E-state index contributed by atoms with van der Waals surface area (Å²) in [5.41, 5.74) is 3.17. The first kappa shape index (κ1) is 18.6. The zero-order valence-electron chi connectivity index (χ0n) is 15.0. The maximum absolute atomic E-state index is 13.4. The fraction of sp³-hybridized carbons (Fsp3) is 0.0909. The second-order valence-electron chi connectivity index (χ2n) is 6.47. The van der Waals surface area contributed by atoms with Crippen LogP contribution >= 0.6 is 22.9 Å². The number of hydrogen-bond acceptors (Lipinski definition) is 3.